The molecule has 176 valence electrons. The highest BCUT2D eigenvalue weighted by atomic mass is 32.2. The Morgan fingerprint density at radius 3 is 1.36 bits per heavy atom. The average molecular weight is 463 g/mol. The van der Waals surface area contributed by atoms with E-state index in [1.807, 2.05) is 0 Å². The Kier molecular flexibility index (Phi) is 10.2. The molecule has 0 aliphatic carbocycles. The average Bonchev–Trinajstić information content (AvgIpc) is 2.80. The van der Waals surface area contributed by atoms with Gasteiger partial charge in [0, 0.05) is 17.1 Å². The zero-order valence-corrected chi connectivity index (χ0v) is 21.9. The number of hydrogen-bond acceptors (Lipinski definition) is 2. The number of carbonyl (C=O) groups is 1. The van der Waals surface area contributed by atoms with Crippen molar-refractivity contribution in [3.8, 4) is 0 Å². The van der Waals surface area contributed by atoms with Crippen molar-refractivity contribution in [2.24, 2.45) is 0 Å². The summed E-state index contributed by atoms with van der Waals surface area (Å²) in [6, 6.07) is 27.0. The molecule has 0 aliphatic rings. The van der Waals surface area contributed by atoms with Gasteiger partial charge in [-0.25, -0.2) is 0 Å². The number of carboxylic acids is 1. The van der Waals surface area contributed by atoms with Crippen molar-refractivity contribution in [1.29, 1.82) is 0 Å². The van der Waals surface area contributed by atoms with E-state index in [2.05, 4.69) is 114 Å². The summed E-state index contributed by atoms with van der Waals surface area (Å²) in [7, 11) is -0.100. The number of aliphatic carboxylic acids is 1. The van der Waals surface area contributed by atoms with Gasteiger partial charge in [0.1, 0.15) is 0 Å². The largest absolute Gasteiger partial charge is 0.550 e. The van der Waals surface area contributed by atoms with E-state index in [0.717, 1.165) is 0 Å². The minimum absolute atomic E-state index is 0.100. The summed E-state index contributed by atoms with van der Waals surface area (Å²) >= 11 is 0. The van der Waals surface area contributed by atoms with Crippen molar-refractivity contribution < 1.29 is 9.90 Å². The second kappa shape index (κ2) is 12.6. The smallest absolute Gasteiger partial charge is 0.173 e. The van der Waals surface area contributed by atoms with E-state index in [1.165, 1.54) is 38.3 Å². The number of hydrogen-bond donors (Lipinski definition) is 0. The van der Waals surface area contributed by atoms with Crippen LogP contribution in [0.25, 0.3) is 0 Å². The summed E-state index contributed by atoms with van der Waals surface area (Å²) in [5.74, 6) is 0.534. The number of carbonyl (C=O) groups excluding carboxylic acids is 1. The fourth-order valence-corrected chi connectivity index (χ4v) is 6.27. The zero-order chi connectivity index (χ0) is 24.5. The van der Waals surface area contributed by atoms with Crippen LogP contribution in [0.4, 0.5) is 0 Å². The van der Waals surface area contributed by atoms with Crippen LogP contribution >= 0.6 is 0 Å². The quantitative estimate of drug-likeness (QED) is 0.346. The van der Waals surface area contributed by atoms with Crippen LogP contribution in [0.2, 0.25) is 0 Å². The zero-order valence-electron chi connectivity index (χ0n) is 21.1. The Hall–Kier alpha value is -2.52. The summed E-state index contributed by atoms with van der Waals surface area (Å²) < 4.78 is 0. The van der Waals surface area contributed by atoms with Crippen LogP contribution in [0.3, 0.4) is 0 Å². The van der Waals surface area contributed by atoms with Crippen molar-refractivity contribution >= 4 is 16.9 Å². The molecule has 0 amide bonds. The van der Waals surface area contributed by atoms with Crippen LogP contribution in [-0.4, -0.2) is 5.97 Å². The molecule has 3 aromatic rings. The third-order valence-electron chi connectivity index (χ3n) is 5.53. The maximum atomic E-state index is 9.26. The van der Waals surface area contributed by atoms with Crippen LogP contribution in [0.1, 0.15) is 89.3 Å². The summed E-state index contributed by atoms with van der Waals surface area (Å²) in [6.45, 7) is 15.5. The molecule has 2 nitrogen and oxygen atoms in total. The molecule has 0 fully saturated rings. The van der Waals surface area contributed by atoms with Crippen LogP contribution in [-0.2, 0) is 15.7 Å². The van der Waals surface area contributed by atoms with Crippen LogP contribution in [0, 0.1) is 0 Å². The second-order valence-electron chi connectivity index (χ2n) is 9.15. The van der Waals surface area contributed by atoms with E-state index < -0.39 is 5.97 Å². The van der Waals surface area contributed by atoms with Gasteiger partial charge in [-0.1, -0.05) is 97.0 Å². The molecule has 0 heterocycles. The molecule has 0 bridgehead atoms. The van der Waals surface area contributed by atoms with Crippen molar-refractivity contribution in [2.75, 3.05) is 0 Å². The molecule has 3 aromatic carbocycles. The number of benzene rings is 3. The van der Waals surface area contributed by atoms with Gasteiger partial charge in [0.25, 0.3) is 0 Å². The maximum absolute atomic E-state index is 9.26. The van der Waals surface area contributed by atoms with Gasteiger partial charge < -0.3 is 9.90 Å². The summed E-state index contributed by atoms with van der Waals surface area (Å²) in [5.41, 5.74) is 4.47. The SMILES string of the molecule is CC(C)c1cc(C(C)C)c([S+](c2ccccc2)c2ccccc2)c(C(C)C)c1.CCC(=O)[O-]. The molecule has 33 heavy (non-hydrogen) atoms. The first-order chi connectivity index (χ1) is 15.7. The van der Waals surface area contributed by atoms with E-state index >= 15 is 0 Å². The first-order valence-corrected chi connectivity index (χ1v) is 13.1. The Morgan fingerprint density at radius 2 is 1.09 bits per heavy atom. The van der Waals surface area contributed by atoms with Gasteiger partial charge in [-0.2, -0.15) is 0 Å². The van der Waals surface area contributed by atoms with Gasteiger partial charge >= 0.3 is 0 Å². The fourth-order valence-electron chi connectivity index (χ4n) is 3.61. The highest BCUT2D eigenvalue weighted by Crippen LogP contribution is 2.41. The molecule has 3 heteroatoms. The van der Waals surface area contributed by atoms with Gasteiger partial charge in [-0.15, -0.1) is 0 Å². The maximum Gasteiger partial charge on any atom is 0.173 e. The van der Waals surface area contributed by atoms with Gasteiger partial charge in [0.05, 0.1) is 10.9 Å². The lowest BCUT2D eigenvalue weighted by molar-refractivity contribution is -0.305. The summed E-state index contributed by atoms with van der Waals surface area (Å²) in [5, 5.41) is 9.26. The lowest BCUT2D eigenvalue weighted by Crippen LogP contribution is -2.19. The van der Waals surface area contributed by atoms with Crippen molar-refractivity contribution in [2.45, 2.75) is 87.3 Å². The third kappa shape index (κ3) is 7.23. The van der Waals surface area contributed by atoms with E-state index in [9.17, 15) is 9.90 Å². The highest BCUT2D eigenvalue weighted by Gasteiger charge is 2.35. The van der Waals surface area contributed by atoms with Gasteiger partial charge in [-0.3, -0.25) is 0 Å². The molecule has 0 saturated heterocycles. The molecule has 0 spiro atoms. The third-order valence-corrected chi connectivity index (χ3v) is 7.90. The number of rotatable bonds is 7. The minimum atomic E-state index is -0.995. The Balaban J connectivity index is 0.000000696. The molecule has 0 N–H and O–H groups in total. The topological polar surface area (TPSA) is 40.1 Å². The fraction of sp³-hybridized carbons (Fsp3) is 0.367. The lowest BCUT2D eigenvalue weighted by atomic mass is 9.89. The molecule has 0 aliphatic heterocycles. The molecule has 0 unspecified atom stereocenters. The van der Waals surface area contributed by atoms with E-state index in [0.29, 0.717) is 17.8 Å². The van der Waals surface area contributed by atoms with Crippen molar-refractivity contribution in [1.82, 2.24) is 0 Å². The number of carboxylic acid groups (broad SMARTS) is 1. The predicted octanol–water partition coefficient (Wildman–Crippen LogP) is 7.30. The van der Waals surface area contributed by atoms with Gasteiger partial charge in [0.2, 0.25) is 0 Å². The first kappa shape index (κ1) is 26.7. The minimum Gasteiger partial charge on any atom is -0.550 e. The summed E-state index contributed by atoms with van der Waals surface area (Å²) in [4.78, 5) is 13.6. The predicted molar refractivity (Wildman–Crippen MR) is 139 cm³/mol. The lowest BCUT2D eigenvalue weighted by Gasteiger charge is -2.22. The normalized spacial score (nSPS) is 11.1. The highest BCUT2D eigenvalue weighted by molar-refractivity contribution is 7.97. The van der Waals surface area contributed by atoms with Crippen LogP contribution < -0.4 is 5.11 Å². The molecule has 0 saturated carbocycles. The Bertz CT molecular complexity index is 939. The molecule has 0 aromatic heterocycles. The molecule has 0 radical (unpaired) electrons. The molecular formula is C30H38O2S. The molecular weight excluding hydrogens is 424 g/mol. The second-order valence-corrected chi connectivity index (χ2v) is 11.1. The Morgan fingerprint density at radius 1 is 0.727 bits per heavy atom. The first-order valence-electron chi connectivity index (χ1n) is 11.9. The molecule has 0 atom stereocenters. The van der Waals surface area contributed by atoms with Gasteiger partial charge in [0.15, 0.2) is 14.7 Å². The summed E-state index contributed by atoms with van der Waals surface area (Å²) in [6.07, 6.45) is 0.111. The van der Waals surface area contributed by atoms with Crippen LogP contribution in [0.15, 0.2) is 87.5 Å². The van der Waals surface area contributed by atoms with E-state index in [4.69, 9.17) is 0 Å². The van der Waals surface area contributed by atoms with Gasteiger partial charge in [-0.05, 0) is 54.0 Å². The van der Waals surface area contributed by atoms with Crippen molar-refractivity contribution in [3.05, 3.63) is 89.5 Å². The van der Waals surface area contributed by atoms with E-state index in [1.54, 1.807) is 0 Å². The standard InChI is InChI=1S/C27H33S.C3H6O2/c1-19(2)22-17-25(20(3)4)27(26(18-22)21(5)6)28(23-13-9-7-10-14-23)24-15-11-8-12-16-24;1-2-3(4)5/h7-21H,1-6H3;2H2,1H3,(H,4,5)/q+1;/p-1. The van der Waals surface area contributed by atoms with Crippen molar-refractivity contribution in [3.63, 3.8) is 0 Å². The van der Waals surface area contributed by atoms with Crippen LogP contribution in [0.5, 0.6) is 0 Å². The molecule has 3 rings (SSSR count). The monoisotopic (exact) mass is 462 g/mol. The van der Waals surface area contributed by atoms with E-state index in [-0.39, 0.29) is 17.3 Å². The Labute approximate surface area is 203 Å².